The zero-order valence-corrected chi connectivity index (χ0v) is 15.9. The molecule has 0 spiro atoms. The molecule has 0 aliphatic rings. The van der Waals surface area contributed by atoms with Crippen molar-refractivity contribution in [2.45, 2.75) is 78.2 Å². The molecule has 0 radical (unpaired) electrons. The summed E-state index contributed by atoms with van der Waals surface area (Å²) in [5.41, 5.74) is -0.118. The van der Waals surface area contributed by atoms with Gasteiger partial charge in [-0.25, -0.2) is 0 Å². The molecule has 2 unspecified atom stereocenters. The van der Waals surface area contributed by atoms with Crippen LogP contribution in [0.1, 0.15) is 72.3 Å². The number of hydrogen-bond donors (Lipinski definition) is 2. The van der Waals surface area contributed by atoms with E-state index in [-0.39, 0.29) is 11.5 Å². The Morgan fingerprint density at radius 3 is 2.17 bits per heavy atom. The largest absolute Gasteiger partial charge is 0.481 e. The fourth-order valence-corrected chi connectivity index (χ4v) is 3.60. The number of aliphatic hydroxyl groups excluding tert-OH is 1. The van der Waals surface area contributed by atoms with Crippen LogP contribution in [-0.2, 0) is 10.2 Å². The van der Waals surface area contributed by atoms with Gasteiger partial charge in [0.2, 0.25) is 0 Å². The Labute approximate surface area is 147 Å². The standard InChI is InChI=1S/C21H34O3/c1-16(2)14-18(22)12-9-13-21(19(23)24,15-20(3,4)5)17-10-7-6-8-11-17/h6-8,10-11,16,18,22H,9,12-15H2,1-5H3,(H,23,24). The lowest BCUT2D eigenvalue weighted by molar-refractivity contribution is -0.145. The predicted molar refractivity (Wildman–Crippen MR) is 99.1 cm³/mol. The molecule has 0 aromatic heterocycles. The van der Waals surface area contributed by atoms with Crippen LogP contribution in [0.3, 0.4) is 0 Å². The number of carbonyl (C=O) groups is 1. The highest BCUT2D eigenvalue weighted by Crippen LogP contribution is 2.41. The minimum atomic E-state index is -0.892. The van der Waals surface area contributed by atoms with Crippen molar-refractivity contribution in [3.05, 3.63) is 35.9 Å². The van der Waals surface area contributed by atoms with E-state index >= 15 is 0 Å². The third-order valence-corrected chi connectivity index (χ3v) is 4.45. The lowest BCUT2D eigenvalue weighted by Crippen LogP contribution is -2.39. The quantitative estimate of drug-likeness (QED) is 0.666. The SMILES string of the molecule is CC(C)CC(O)CCCC(CC(C)(C)C)(C(=O)O)c1ccccc1. The second-order valence-electron chi connectivity index (χ2n) is 8.67. The summed E-state index contributed by atoms with van der Waals surface area (Å²) in [6.07, 6.45) is 2.93. The van der Waals surface area contributed by atoms with Gasteiger partial charge in [-0.3, -0.25) is 4.79 Å². The number of carboxylic acid groups (broad SMARTS) is 1. The third kappa shape index (κ3) is 6.27. The normalized spacial score (nSPS) is 16.0. The van der Waals surface area contributed by atoms with Crippen LogP contribution in [0, 0.1) is 11.3 Å². The van der Waals surface area contributed by atoms with E-state index < -0.39 is 11.4 Å². The Morgan fingerprint density at radius 1 is 1.12 bits per heavy atom. The van der Waals surface area contributed by atoms with Gasteiger partial charge in [-0.1, -0.05) is 65.0 Å². The van der Waals surface area contributed by atoms with Crippen molar-refractivity contribution in [1.29, 1.82) is 0 Å². The maximum absolute atomic E-state index is 12.3. The Morgan fingerprint density at radius 2 is 1.71 bits per heavy atom. The van der Waals surface area contributed by atoms with E-state index in [4.69, 9.17) is 0 Å². The molecule has 3 heteroatoms. The summed E-state index contributed by atoms with van der Waals surface area (Å²) >= 11 is 0. The maximum atomic E-state index is 12.3. The summed E-state index contributed by atoms with van der Waals surface area (Å²) in [7, 11) is 0. The van der Waals surface area contributed by atoms with Crippen LogP contribution < -0.4 is 0 Å². The number of carboxylic acids is 1. The highest BCUT2D eigenvalue weighted by atomic mass is 16.4. The van der Waals surface area contributed by atoms with E-state index in [9.17, 15) is 15.0 Å². The van der Waals surface area contributed by atoms with Gasteiger partial charge in [0.05, 0.1) is 11.5 Å². The van der Waals surface area contributed by atoms with Crippen LogP contribution >= 0.6 is 0 Å². The van der Waals surface area contributed by atoms with Crippen LogP contribution in [0.5, 0.6) is 0 Å². The second kappa shape index (κ2) is 8.66. The summed E-state index contributed by atoms with van der Waals surface area (Å²) in [5, 5.41) is 20.2. The number of benzene rings is 1. The molecular weight excluding hydrogens is 300 g/mol. The average molecular weight is 334 g/mol. The molecule has 2 N–H and O–H groups in total. The van der Waals surface area contributed by atoms with Gasteiger partial charge >= 0.3 is 5.97 Å². The molecule has 1 rings (SSSR count). The first-order chi connectivity index (χ1) is 11.1. The molecule has 3 nitrogen and oxygen atoms in total. The van der Waals surface area contributed by atoms with Gasteiger partial charge < -0.3 is 10.2 Å². The van der Waals surface area contributed by atoms with E-state index in [0.29, 0.717) is 31.6 Å². The molecule has 0 saturated carbocycles. The predicted octanol–water partition coefficient (Wildman–Crippen LogP) is 5.02. The van der Waals surface area contributed by atoms with Crippen molar-refractivity contribution in [1.82, 2.24) is 0 Å². The number of hydrogen-bond acceptors (Lipinski definition) is 2. The van der Waals surface area contributed by atoms with Crippen LogP contribution in [0.25, 0.3) is 0 Å². The van der Waals surface area contributed by atoms with E-state index in [0.717, 1.165) is 12.0 Å². The summed E-state index contributed by atoms with van der Waals surface area (Å²) < 4.78 is 0. The van der Waals surface area contributed by atoms with Crippen molar-refractivity contribution in [2.75, 3.05) is 0 Å². The molecule has 0 heterocycles. The zero-order valence-electron chi connectivity index (χ0n) is 15.9. The average Bonchev–Trinajstić information content (AvgIpc) is 2.44. The van der Waals surface area contributed by atoms with E-state index in [1.165, 1.54) is 0 Å². The summed E-state index contributed by atoms with van der Waals surface area (Å²) in [4.78, 5) is 12.3. The van der Waals surface area contributed by atoms with Crippen molar-refractivity contribution in [2.24, 2.45) is 11.3 Å². The van der Waals surface area contributed by atoms with E-state index in [1.54, 1.807) is 0 Å². The number of aliphatic hydroxyl groups is 1. The van der Waals surface area contributed by atoms with Gasteiger partial charge in [0.25, 0.3) is 0 Å². The minimum Gasteiger partial charge on any atom is -0.481 e. The molecule has 24 heavy (non-hydrogen) atoms. The summed E-state index contributed by atoms with van der Waals surface area (Å²) in [5.74, 6) is -0.310. The van der Waals surface area contributed by atoms with Crippen molar-refractivity contribution < 1.29 is 15.0 Å². The highest BCUT2D eigenvalue weighted by Gasteiger charge is 2.42. The first-order valence-electron chi connectivity index (χ1n) is 9.04. The smallest absolute Gasteiger partial charge is 0.314 e. The molecule has 0 fully saturated rings. The molecule has 0 saturated heterocycles. The van der Waals surface area contributed by atoms with E-state index in [2.05, 4.69) is 34.6 Å². The lowest BCUT2D eigenvalue weighted by Gasteiger charge is -2.36. The second-order valence-corrected chi connectivity index (χ2v) is 8.67. The van der Waals surface area contributed by atoms with Gasteiger partial charge in [0.1, 0.15) is 0 Å². The first-order valence-corrected chi connectivity index (χ1v) is 9.04. The molecule has 1 aromatic rings. The fourth-order valence-electron chi connectivity index (χ4n) is 3.60. The molecule has 136 valence electrons. The Bertz CT molecular complexity index is 502. The van der Waals surface area contributed by atoms with Crippen molar-refractivity contribution in [3.63, 3.8) is 0 Å². The van der Waals surface area contributed by atoms with Crippen molar-refractivity contribution in [3.8, 4) is 0 Å². The topological polar surface area (TPSA) is 57.5 Å². The third-order valence-electron chi connectivity index (χ3n) is 4.45. The molecule has 0 bridgehead atoms. The van der Waals surface area contributed by atoms with Gasteiger partial charge in [-0.05, 0) is 49.0 Å². The summed E-state index contributed by atoms with van der Waals surface area (Å²) in [6.45, 7) is 10.4. The fraction of sp³-hybridized carbons (Fsp3) is 0.667. The van der Waals surface area contributed by atoms with Crippen LogP contribution in [0.15, 0.2) is 30.3 Å². The Kier molecular flexibility index (Phi) is 7.47. The molecule has 2 atom stereocenters. The minimum absolute atomic E-state index is 0.0925. The van der Waals surface area contributed by atoms with Crippen LogP contribution in [0.2, 0.25) is 0 Å². The van der Waals surface area contributed by atoms with Crippen molar-refractivity contribution >= 4 is 5.97 Å². The molecule has 0 amide bonds. The van der Waals surface area contributed by atoms with Gasteiger partial charge in [-0.2, -0.15) is 0 Å². The first kappa shape index (κ1) is 20.7. The van der Waals surface area contributed by atoms with Gasteiger partial charge in [0.15, 0.2) is 0 Å². The van der Waals surface area contributed by atoms with Gasteiger partial charge in [-0.15, -0.1) is 0 Å². The summed E-state index contributed by atoms with van der Waals surface area (Å²) in [6, 6.07) is 9.57. The molecule has 0 aliphatic heterocycles. The number of rotatable bonds is 9. The van der Waals surface area contributed by atoms with Crippen LogP contribution in [0.4, 0.5) is 0 Å². The van der Waals surface area contributed by atoms with Gasteiger partial charge in [0, 0.05) is 0 Å². The van der Waals surface area contributed by atoms with E-state index in [1.807, 2.05) is 30.3 Å². The maximum Gasteiger partial charge on any atom is 0.314 e. The zero-order chi connectivity index (χ0) is 18.4. The monoisotopic (exact) mass is 334 g/mol. The Balaban J connectivity index is 2.98. The highest BCUT2D eigenvalue weighted by molar-refractivity contribution is 5.81. The number of aliphatic carboxylic acids is 1. The molecule has 1 aromatic carbocycles. The Hall–Kier alpha value is -1.35. The molecular formula is C21H34O3. The lowest BCUT2D eigenvalue weighted by atomic mass is 9.67. The molecule has 0 aliphatic carbocycles. The van der Waals surface area contributed by atoms with Crippen LogP contribution in [-0.4, -0.2) is 22.3 Å².